The van der Waals surface area contributed by atoms with E-state index in [9.17, 15) is 4.79 Å². The predicted octanol–water partition coefficient (Wildman–Crippen LogP) is 1.29. The van der Waals surface area contributed by atoms with Crippen molar-refractivity contribution < 1.29 is 9.53 Å². The number of carbonyl (C=O) groups excluding carboxylic acids is 1. The number of hydrogen-bond donors (Lipinski definition) is 1. The Labute approximate surface area is 116 Å². The van der Waals surface area contributed by atoms with Gasteiger partial charge >= 0.3 is 6.03 Å². The lowest BCUT2D eigenvalue weighted by molar-refractivity contribution is 0.0714. The molecule has 2 aliphatic rings. The third kappa shape index (κ3) is 4.08. The molecule has 2 rings (SSSR count). The number of urea groups is 1. The number of rotatable bonds is 2. The number of piperazine rings is 1. The van der Waals surface area contributed by atoms with Gasteiger partial charge in [-0.1, -0.05) is 0 Å². The molecule has 110 valence electrons. The normalized spacial score (nSPS) is 25.6. The average Bonchev–Trinajstić information content (AvgIpc) is 2.88. The van der Waals surface area contributed by atoms with Crippen LogP contribution in [0, 0.1) is 0 Å². The summed E-state index contributed by atoms with van der Waals surface area (Å²) in [6, 6.07) is 0.0593. The highest BCUT2D eigenvalue weighted by Gasteiger charge is 2.28. The van der Waals surface area contributed by atoms with Gasteiger partial charge in [0.25, 0.3) is 0 Å². The molecule has 2 amide bonds. The van der Waals surface area contributed by atoms with Crippen LogP contribution in [0.15, 0.2) is 0 Å². The zero-order valence-corrected chi connectivity index (χ0v) is 12.4. The number of carbonyl (C=O) groups is 1. The molecule has 1 atom stereocenters. The molecule has 19 heavy (non-hydrogen) atoms. The largest absolute Gasteiger partial charge is 0.376 e. The van der Waals surface area contributed by atoms with Gasteiger partial charge in [0.15, 0.2) is 0 Å². The summed E-state index contributed by atoms with van der Waals surface area (Å²) in [5, 5.41) is 2.99. The summed E-state index contributed by atoms with van der Waals surface area (Å²) in [5.74, 6) is 0. The standard InChI is InChI=1S/C14H27N3O2/c1-14(2,3)17-8-6-16(7-9-17)13(18)15-11-12-5-4-10-19-12/h12H,4-11H2,1-3H3,(H,15,18). The Morgan fingerprint density at radius 1 is 1.26 bits per heavy atom. The summed E-state index contributed by atoms with van der Waals surface area (Å²) in [7, 11) is 0. The first-order chi connectivity index (χ1) is 8.97. The molecule has 0 aromatic carbocycles. The summed E-state index contributed by atoms with van der Waals surface area (Å²) in [5.41, 5.74) is 0.195. The van der Waals surface area contributed by atoms with Crippen LogP contribution < -0.4 is 5.32 Å². The van der Waals surface area contributed by atoms with E-state index in [0.717, 1.165) is 45.6 Å². The summed E-state index contributed by atoms with van der Waals surface area (Å²) in [6.07, 6.45) is 2.41. The minimum absolute atomic E-state index is 0.0593. The molecule has 0 saturated carbocycles. The number of ether oxygens (including phenoxy) is 1. The van der Waals surface area contributed by atoms with Gasteiger partial charge in [-0.15, -0.1) is 0 Å². The topological polar surface area (TPSA) is 44.8 Å². The minimum atomic E-state index is 0.0593. The molecule has 2 heterocycles. The quantitative estimate of drug-likeness (QED) is 0.821. The van der Waals surface area contributed by atoms with Crippen molar-refractivity contribution in [1.29, 1.82) is 0 Å². The van der Waals surface area contributed by atoms with Crippen LogP contribution in [0.25, 0.3) is 0 Å². The van der Waals surface area contributed by atoms with Crippen molar-refractivity contribution in [2.45, 2.75) is 45.3 Å². The first-order valence-corrected chi connectivity index (χ1v) is 7.36. The van der Waals surface area contributed by atoms with E-state index in [1.165, 1.54) is 0 Å². The van der Waals surface area contributed by atoms with E-state index < -0.39 is 0 Å². The van der Waals surface area contributed by atoms with E-state index >= 15 is 0 Å². The fourth-order valence-corrected chi connectivity index (χ4v) is 2.70. The van der Waals surface area contributed by atoms with Gasteiger partial charge in [-0.3, -0.25) is 4.90 Å². The molecule has 1 unspecified atom stereocenters. The summed E-state index contributed by atoms with van der Waals surface area (Å²) >= 11 is 0. The van der Waals surface area contributed by atoms with Crippen molar-refractivity contribution in [1.82, 2.24) is 15.1 Å². The number of nitrogens with zero attached hydrogens (tertiary/aromatic N) is 2. The average molecular weight is 269 g/mol. The molecule has 0 aromatic heterocycles. The Hall–Kier alpha value is -0.810. The fourth-order valence-electron chi connectivity index (χ4n) is 2.70. The maximum atomic E-state index is 12.1. The molecule has 0 spiro atoms. The highest BCUT2D eigenvalue weighted by atomic mass is 16.5. The summed E-state index contributed by atoms with van der Waals surface area (Å²) in [6.45, 7) is 11.7. The highest BCUT2D eigenvalue weighted by molar-refractivity contribution is 5.74. The Kier molecular flexibility index (Phi) is 4.68. The van der Waals surface area contributed by atoms with Crippen molar-refractivity contribution in [3.05, 3.63) is 0 Å². The lowest BCUT2D eigenvalue weighted by atomic mass is 10.1. The van der Waals surface area contributed by atoms with E-state index in [0.29, 0.717) is 6.54 Å². The van der Waals surface area contributed by atoms with Gasteiger partial charge in [-0.05, 0) is 33.6 Å². The van der Waals surface area contributed by atoms with Gasteiger partial charge < -0.3 is 15.0 Å². The first-order valence-electron chi connectivity index (χ1n) is 7.36. The summed E-state index contributed by atoms with van der Waals surface area (Å²) in [4.78, 5) is 16.4. The lowest BCUT2D eigenvalue weighted by Gasteiger charge is -2.42. The molecule has 0 bridgehead atoms. The smallest absolute Gasteiger partial charge is 0.317 e. The van der Waals surface area contributed by atoms with Gasteiger partial charge in [-0.25, -0.2) is 4.79 Å². The van der Waals surface area contributed by atoms with Crippen molar-refractivity contribution in [2.75, 3.05) is 39.3 Å². The zero-order chi connectivity index (χ0) is 13.9. The van der Waals surface area contributed by atoms with Crippen LogP contribution in [0.2, 0.25) is 0 Å². The summed E-state index contributed by atoms with van der Waals surface area (Å²) < 4.78 is 5.51. The molecule has 0 aromatic rings. The van der Waals surface area contributed by atoms with Crippen molar-refractivity contribution >= 4 is 6.03 Å². The van der Waals surface area contributed by atoms with Crippen LogP contribution in [0.3, 0.4) is 0 Å². The van der Waals surface area contributed by atoms with E-state index in [1.54, 1.807) is 0 Å². The molecule has 0 aliphatic carbocycles. The third-order valence-corrected chi connectivity index (χ3v) is 4.02. The monoisotopic (exact) mass is 269 g/mol. The molecular weight excluding hydrogens is 242 g/mol. The highest BCUT2D eigenvalue weighted by Crippen LogP contribution is 2.16. The van der Waals surface area contributed by atoms with Gasteiger partial charge in [0.1, 0.15) is 0 Å². The van der Waals surface area contributed by atoms with Gasteiger partial charge in [0, 0.05) is 44.9 Å². The zero-order valence-electron chi connectivity index (χ0n) is 12.4. The van der Waals surface area contributed by atoms with Crippen LogP contribution in [0.4, 0.5) is 4.79 Å². The van der Waals surface area contributed by atoms with E-state index in [1.807, 2.05) is 4.90 Å². The SMILES string of the molecule is CC(C)(C)N1CCN(C(=O)NCC2CCCO2)CC1. The molecule has 2 fully saturated rings. The second kappa shape index (κ2) is 6.09. The predicted molar refractivity (Wildman–Crippen MR) is 75.3 cm³/mol. The van der Waals surface area contributed by atoms with Crippen LogP contribution in [-0.2, 0) is 4.74 Å². The first kappa shape index (κ1) is 14.6. The second-order valence-corrected chi connectivity index (χ2v) is 6.47. The molecule has 2 aliphatic heterocycles. The van der Waals surface area contributed by atoms with E-state index in [4.69, 9.17) is 4.74 Å². The molecule has 5 nitrogen and oxygen atoms in total. The molecular formula is C14H27N3O2. The van der Waals surface area contributed by atoms with E-state index in [-0.39, 0.29) is 17.7 Å². The number of hydrogen-bond acceptors (Lipinski definition) is 3. The van der Waals surface area contributed by atoms with E-state index in [2.05, 4.69) is 31.0 Å². The van der Waals surface area contributed by atoms with Crippen LogP contribution in [-0.4, -0.2) is 66.8 Å². The van der Waals surface area contributed by atoms with Crippen molar-refractivity contribution in [3.8, 4) is 0 Å². The number of nitrogens with one attached hydrogen (secondary N) is 1. The van der Waals surface area contributed by atoms with Crippen LogP contribution >= 0.6 is 0 Å². The van der Waals surface area contributed by atoms with Gasteiger partial charge in [0.2, 0.25) is 0 Å². The Morgan fingerprint density at radius 3 is 2.47 bits per heavy atom. The van der Waals surface area contributed by atoms with Crippen molar-refractivity contribution in [2.24, 2.45) is 0 Å². The van der Waals surface area contributed by atoms with Gasteiger partial charge in [0.05, 0.1) is 6.10 Å². The lowest BCUT2D eigenvalue weighted by Crippen LogP contribution is -2.56. The second-order valence-electron chi connectivity index (χ2n) is 6.47. The van der Waals surface area contributed by atoms with Crippen LogP contribution in [0.5, 0.6) is 0 Å². The molecule has 1 N–H and O–H groups in total. The molecule has 0 radical (unpaired) electrons. The van der Waals surface area contributed by atoms with Gasteiger partial charge in [-0.2, -0.15) is 0 Å². The molecule has 2 saturated heterocycles. The third-order valence-electron chi connectivity index (χ3n) is 4.02. The maximum absolute atomic E-state index is 12.1. The Balaban J connectivity index is 1.70. The Morgan fingerprint density at radius 2 is 1.95 bits per heavy atom. The fraction of sp³-hybridized carbons (Fsp3) is 0.929. The minimum Gasteiger partial charge on any atom is -0.376 e. The Bertz CT molecular complexity index is 300. The number of amides is 2. The van der Waals surface area contributed by atoms with Crippen molar-refractivity contribution in [3.63, 3.8) is 0 Å². The van der Waals surface area contributed by atoms with Crippen LogP contribution in [0.1, 0.15) is 33.6 Å². The molecule has 5 heteroatoms. The maximum Gasteiger partial charge on any atom is 0.317 e.